The number of aliphatic hydroxyl groups is 1. The van der Waals surface area contributed by atoms with Gasteiger partial charge in [0.2, 0.25) is 0 Å². The zero-order valence-electron chi connectivity index (χ0n) is 12.4. The molecule has 1 aliphatic carbocycles. The summed E-state index contributed by atoms with van der Waals surface area (Å²) in [5, 5.41) is 18.6. The zero-order chi connectivity index (χ0) is 14.7. The van der Waals surface area contributed by atoms with E-state index in [-0.39, 0.29) is 6.04 Å². The van der Waals surface area contributed by atoms with Crippen LogP contribution in [0.2, 0.25) is 0 Å². The van der Waals surface area contributed by atoms with Crippen LogP contribution in [0.25, 0.3) is 0 Å². The van der Waals surface area contributed by atoms with Gasteiger partial charge in [-0.2, -0.15) is 0 Å². The van der Waals surface area contributed by atoms with Gasteiger partial charge < -0.3 is 10.4 Å². The van der Waals surface area contributed by atoms with Crippen LogP contribution in [-0.2, 0) is 0 Å². The third kappa shape index (κ3) is 3.75. The molecule has 0 aliphatic heterocycles. The maximum absolute atomic E-state index is 10.8. The minimum Gasteiger partial charge on any atom is -0.389 e. The molecule has 114 valence electrons. The fraction of sp³-hybridized carbons (Fsp3) is 0.529. The Morgan fingerprint density at radius 2 is 1.76 bits per heavy atom. The van der Waals surface area contributed by atoms with Crippen molar-refractivity contribution < 1.29 is 5.11 Å². The Balaban J connectivity index is 1.68. The molecule has 2 nitrogen and oxygen atoms in total. The molecule has 1 fully saturated rings. The molecule has 21 heavy (non-hydrogen) atoms. The fourth-order valence-electron chi connectivity index (χ4n) is 3.02. The van der Waals surface area contributed by atoms with Crippen LogP contribution in [-0.4, -0.2) is 17.3 Å². The van der Waals surface area contributed by atoms with Crippen molar-refractivity contribution in [2.24, 2.45) is 5.92 Å². The summed E-state index contributed by atoms with van der Waals surface area (Å²) in [5.41, 5.74) is -0.528. The summed E-state index contributed by atoms with van der Waals surface area (Å²) in [4.78, 5) is 2.65. The zero-order valence-corrected chi connectivity index (χ0v) is 14.1. The van der Waals surface area contributed by atoms with E-state index in [1.54, 1.807) is 22.7 Å². The van der Waals surface area contributed by atoms with Gasteiger partial charge in [-0.25, -0.2) is 0 Å². The largest absolute Gasteiger partial charge is 0.389 e. The van der Waals surface area contributed by atoms with Crippen LogP contribution in [0, 0.1) is 5.92 Å². The minimum absolute atomic E-state index is 0.216. The maximum atomic E-state index is 10.8. The number of thiophene rings is 2. The van der Waals surface area contributed by atoms with E-state index in [1.165, 1.54) is 9.75 Å². The second kappa shape index (κ2) is 6.61. The molecule has 2 aromatic rings. The van der Waals surface area contributed by atoms with Crippen molar-refractivity contribution in [1.82, 2.24) is 5.32 Å². The summed E-state index contributed by atoms with van der Waals surface area (Å²) < 4.78 is 0. The molecule has 4 heteroatoms. The van der Waals surface area contributed by atoms with E-state index >= 15 is 0 Å². The van der Waals surface area contributed by atoms with E-state index in [4.69, 9.17) is 0 Å². The lowest BCUT2D eigenvalue weighted by atomic mass is 9.79. The first-order valence-electron chi connectivity index (χ1n) is 7.69. The summed E-state index contributed by atoms with van der Waals surface area (Å²) >= 11 is 3.56. The quantitative estimate of drug-likeness (QED) is 0.854. The predicted molar refractivity (Wildman–Crippen MR) is 91.1 cm³/mol. The van der Waals surface area contributed by atoms with Gasteiger partial charge in [-0.05, 0) is 54.5 Å². The van der Waals surface area contributed by atoms with Gasteiger partial charge in [0.05, 0.1) is 11.6 Å². The molecule has 3 rings (SSSR count). The van der Waals surface area contributed by atoms with Gasteiger partial charge in [-0.3, -0.25) is 0 Å². The Labute approximate surface area is 134 Å². The number of hydrogen-bond donors (Lipinski definition) is 2. The van der Waals surface area contributed by atoms with Crippen molar-refractivity contribution in [2.45, 2.75) is 44.2 Å². The van der Waals surface area contributed by atoms with Crippen LogP contribution in [0.3, 0.4) is 0 Å². The van der Waals surface area contributed by atoms with Gasteiger partial charge in [0, 0.05) is 16.3 Å². The molecule has 0 radical (unpaired) electrons. The molecule has 0 unspecified atom stereocenters. The summed E-state index contributed by atoms with van der Waals surface area (Å²) in [7, 11) is 0. The second-order valence-electron chi connectivity index (χ2n) is 6.25. The van der Waals surface area contributed by atoms with Gasteiger partial charge in [-0.1, -0.05) is 19.1 Å². The van der Waals surface area contributed by atoms with Crippen LogP contribution in [0.5, 0.6) is 0 Å². The monoisotopic (exact) mass is 321 g/mol. The Bertz CT molecular complexity index is 493. The molecule has 2 aromatic heterocycles. The van der Waals surface area contributed by atoms with Gasteiger partial charge >= 0.3 is 0 Å². The van der Waals surface area contributed by atoms with Crippen molar-refractivity contribution in [3.63, 3.8) is 0 Å². The average Bonchev–Trinajstić information content (AvgIpc) is 3.16. The van der Waals surface area contributed by atoms with E-state index < -0.39 is 5.60 Å². The maximum Gasteiger partial charge on any atom is 0.0772 e. The molecule has 0 spiro atoms. The van der Waals surface area contributed by atoms with Crippen molar-refractivity contribution in [1.29, 1.82) is 0 Å². The lowest BCUT2D eigenvalue weighted by molar-refractivity contribution is -0.00727. The molecule has 0 bridgehead atoms. The molecule has 2 N–H and O–H groups in total. The van der Waals surface area contributed by atoms with Gasteiger partial charge in [0.1, 0.15) is 0 Å². The summed E-state index contributed by atoms with van der Waals surface area (Å²) in [6, 6.07) is 8.76. The van der Waals surface area contributed by atoms with Crippen LogP contribution in [0.15, 0.2) is 35.0 Å². The molecule has 1 aliphatic rings. The average molecular weight is 322 g/mol. The van der Waals surface area contributed by atoms with Crippen molar-refractivity contribution in [3.8, 4) is 0 Å². The number of hydrogen-bond acceptors (Lipinski definition) is 4. The third-order valence-electron chi connectivity index (χ3n) is 4.50. The minimum atomic E-state index is -0.528. The Morgan fingerprint density at radius 1 is 1.19 bits per heavy atom. The van der Waals surface area contributed by atoms with E-state index in [2.05, 4.69) is 47.3 Å². The van der Waals surface area contributed by atoms with E-state index in [1.807, 2.05) is 0 Å². The number of nitrogens with one attached hydrogen (secondary N) is 1. The fourth-order valence-corrected chi connectivity index (χ4v) is 4.73. The van der Waals surface area contributed by atoms with Crippen LogP contribution < -0.4 is 5.32 Å². The summed E-state index contributed by atoms with van der Waals surface area (Å²) in [6.45, 7) is 2.97. The molecule has 0 aromatic carbocycles. The second-order valence-corrected chi connectivity index (χ2v) is 8.21. The first-order valence-corrected chi connectivity index (χ1v) is 9.45. The highest BCUT2D eigenvalue weighted by molar-refractivity contribution is 7.11. The van der Waals surface area contributed by atoms with Crippen molar-refractivity contribution in [3.05, 3.63) is 44.8 Å². The highest BCUT2D eigenvalue weighted by atomic mass is 32.1. The van der Waals surface area contributed by atoms with Gasteiger partial charge in [0.15, 0.2) is 0 Å². The Morgan fingerprint density at radius 3 is 2.24 bits per heavy atom. The molecule has 0 amide bonds. The van der Waals surface area contributed by atoms with Crippen LogP contribution >= 0.6 is 22.7 Å². The van der Waals surface area contributed by atoms with E-state index in [0.717, 1.165) is 31.6 Å². The molecule has 0 atom stereocenters. The smallest absolute Gasteiger partial charge is 0.0772 e. The molecule has 0 saturated heterocycles. The number of rotatable bonds is 5. The standard InChI is InChI=1S/C17H23NOS2/c1-13-6-8-17(19,9-7-13)12-18-16(14-4-2-10-20-14)15-5-3-11-21-15/h2-5,10-11,13,16,18-19H,6-9,12H2,1H3. The molecule has 1 saturated carbocycles. The Hall–Kier alpha value is -0.680. The predicted octanol–water partition coefficient (Wildman–Crippen LogP) is 4.43. The van der Waals surface area contributed by atoms with Crippen LogP contribution in [0.1, 0.15) is 48.4 Å². The van der Waals surface area contributed by atoms with Crippen molar-refractivity contribution in [2.75, 3.05) is 6.54 Å². The van der Waals surface area contributed by atoms with E-state index in [9.17, 15) is 5.11 Å². The van der Waals surface area contributed by atoms with Crippen LogP contribution in [0.4, 0.5) is 0 Å². The summed E-state index contributed by atoms with van der Waals surface area (Å²) in [6.07, 6.45) is 4.12. The van der Waals surface area contributed by atoms with Crippen molar-refractivity contribution >= 4 is 22.7 Å². The Kier molecular flexibility index (Phi) is 4.79. The van der Waals surface area contributed by atoms with Gasteiger partial charge in [-0.15, -0.1) is 22.7 Å². The lowest BCUT2D eigenvalue weighted by Gasteiger charge is -2.36. The normalized spacial score (nSPS) is 26.3. The molecular weight excluding hydrogens is 298 g/mol. The van der Waals surface area contributed by atoms with E-state index in [0.29, 0.717) is 6.54 Å². The molecular formula is C17H23NOS2. The lowest BCUT2D eigenvalue weighted by Crippen LogP contribution is -2.44. The SMILES string of the molecule is CC1CCC(O)(CNC(c2cccs2)c2cccs2)CC1. The first-order chi connectivity index (χ1) is 10.2. The topological polar surface area (TPSA) is 32.3 Å². The third-order valence-corrected chi connectivity index (χ3v) is 6.37. The first kappa shape index (κ1) is 15.2. The highest BCUT2D eigenvalue weighted by Gasteiger charge is 2.32. The highest BCUT2D eigenvalue weighted by Crippen LogP contribution is 2.34. The summed E-state index contributed by atoms with van der Waals surface area (Å²) in [5.74, 6) is 0.760. The van der Waals surface area contributed by atoms with Gasteiger partial charge in [0.25, 0.3) is 0 Å². The molecule has 2 heterocycles.